The monoisotopic (exact) mass is 145 g/mol. The number of nitrogens with one attached hydrogen (secondary N) is 1. The van der Waals surface area contributed by atoms with Gasteiger partial charge in [0.15, 0.2) is 0 Å². The Balaban J connectivity index is 2.69. The van der Waals surface area contributed by atoms with Crippen LogP contribution in [0, 0.1) is 0 Å². The number of carboxylic acids is 1. The molecule has 0 aromatic heterocycles. The molecule has 1 aliphatic heterocycles. The van der Waals surface area contributed by atoms with Gasteiger partial charge in [-0.2, -0.15) is 0 Å². The van der Waals surface area contributed by atoms with Crippen LogP contribution in [-0.2, 0) is 14.3 Å². The summed E-state index contributed by atoms with van der Waals surface area (Å²) in [6, 6.07) is 0. The Morgan fingerprint density at radius 1 is 1.70 bits per heavy atom. The molecule has 0 radical (unpaired) electrons. The van der Waals surface area contributed by atoms with Crippen LogP contribution in [0.25, 0.3) is 0 Å². The van der Waals surface area contributed by atoms with Crippen LogP contribution in [0.1, 0.15) is 0 Å². The summed E-state index contributed by atoms with van der Waals surface area (Å²) in [4.78, 5) is 21.0. The van der Waals surface area contributed by atoms with Gasteiger partial charge in [-0.3, -0.25) is 5.32 Å². The fourth-order valence-corrected chi connectivity index (χ4v) is 0.645. The fraction of sp³-hybridized carbons (Fsp3) is 0.600. The molecule has 1 fully saturated rings. The van der Waals surface area contributed by atoms with Gasteiger partial charge in [0.05, 0.1) is 7.11 Å². The topological polar surface area (TPSA) is 85.5 Å². The van der Waals surface area contributed by atoms with Crippen molar-refractivity contribution in [3.8, 4) is 0 Å². The van der Waals surface area contributed by atoms with Crippen LogP contribution in [0.5, 0.6) is 0 Å². The summed E-state index contributed by atoms with van der Waals surface area (Å²) < 4.78 is 4.26. The Morgan fingerprint density at radius 2 is 2.20 bits per heavy atom. The molecule has 10 heavy (non-hydrogen) atoms. The molecule has 1 atom stereocenters. The van der Waals surface area contributed by atoms with Gasteiger partial charge >= 0.3 is 11.9 Å². The molecule has 0 spiro atoms. The second-order valence-corrected chi connectivity index (χ2v) is 2.06. The molecule has 56 valence electrons. The first-order chi connectivity index (χ1) is 4.63. The lowest BCUT2D eigenvalue weighted by atomic mass is 10.2. The molecular weight excluding hydrogens is 138 g/mol. The third-order valence-corrected chi connectivity index (χ3v) is 1.43. The molecule has 2 N–H and O–H groups in total. The largest absolute Gasteiger partial charge is 0.479 e. The highest BCUT2D eigenvalue weighted by Gasteiger charge is 2.58. The average molecular weight is 145 g/mol. The normalized spacial score (nSPS) is 29.3. The Labute approximate surface area is 57.0 Å². The van der Waals surface area contributed by atoms with Crippen molar-refractivity contribution < 1.29 is 19.4 Å². The van der Waals surface area contributed by atoms with E-state index in [0.717, 1.165) is 7.11 Å². The number of methoxy groups -OCH3 is 1. The summed E-state index contributed by atoms with van der Waals surface area (Å²) in [5.41, 5.74) is -1.44. The number of rotatable bonds is 2. The fourth-order valence-electron chi connectivity index (χ4n) is 0.645. The predicted octanol–water partition coefficient (Wildman–Crippen LogP) is -1.41. The second kappa shape index (κ2) is 1.95. The van der Waals surface area contributed by atoms with Crippen LogP contribution in [0.3, 0.4) is 0 Å². The van der Waals surface area contributed by atoms with Crippen molar-refractivity contribution in [3.63, 3.8) is 0 Å². The van der Waals surface area contributed by atoms with Crippen molar-refractivity contribution >= 4 is 11.9 Å². The van der Waals surface area contributed by atoms with Crippen molar-refractivity contribution in [1.29, 1.82) is 0 Å². The zero-order chi connectivity index (χ0) is 7.78. The summed E-state index contributed by atoms with van der Waals surface area (Å²) in [5, 5.41) is 10.9. The van der Waals surface area contributed by atoms with E-state index in [0.29, 0.717) is 0 Å². The highest BCUT2D eigenvalue weighted by Crippen LogP contribution is 2.18. The number of carbonyl (C=O) groups is 2. The van der Waals surface area contributed by atoms with E-state index < -0.39 is 17.5 Å². The molecule has 1 aliphatic rings. The van der Waals surface area contributed by atoms with Crippen LogP contribution < -0.4 is 5.32 Å². The van der Waals surface area contributed by atoms with Gasteiger partial charge in [-0.15, -0.1) is 0 Å². The lowest BCUT2D eigenvalue weighted by Crippen LogP contribution is -2.37. The van der Waals surface area contributed by atoms with Gasteiger partial charge in [0.2, 0.25) is 5.54 Å². The first-order valence-electron chi connectivity index (χ1n) is 2.70. The van der Waals surface area contributed by atoms with E-state index in [1.54, 1.807) is 0 Å². The minimum Gasteiger partial charge on any atom is -0.479 e. The van der Waals surface area contributed by atoms with E-state index in [-0.39, 0.29) is 6.54 Å². The van der Waals surface area contributed by atoms with Crippen LogP contribution in [-0.4, -0.2) is 36.2 Å². The van der Waals surface area contributed by atoms with Gasteiger partial charge < -0.3 is 9.84 Å². The summed E-state index contributed by atoms with van der Waals surface area (Å²) in [6.45, 7) is 0.162. The zero-order valence-corrected chi connectivity index (χ0v) is 5.38. The summed E-state index contributed by atoms with van der Waals surface area (Å²) in [6.07, 6.45) is 0. The number of carboxylic acid groups (broad SMARTS) is 1. The Morgan fingerprint density at radius 3 is 2.30 bits per heavy atom. The molecule has 5 heteroatoms. The predicted molar refractivity (Wildman–Crippen MR) is 30.4 cm³/mol. The van der Waals surface area contributed by atoms with Crippen LogP contribution >= 0.6 is 0 Å². The zero-order valence-electron chi connectivity index (χ0n) is 5.38. The minimum absolute atomic E-state index is 0.162. The van der Waals surface area contributed by atoms with Gasteiger partial charge in [0, 0.05) is 6.54 Å². The standard InChI is InChI=1S/C5H7NO4/c1-10-4(9)5(2-6-5)3(7)8/h6H,2H2,1H3,(H,7,8). The molecular formula is C5H7NO4. The van der Waals surface area contributed by atoms with Gasteiger partial charge in [-0.05, 0) is 0 Å². The number of ether oxygens (including phenoxy) is 1. The van der Waals surface area contributed by atoms with Gasteiger partial charge in [-0.1, -0.05) is 0 Å². The number of hydrogen-bond donors (Lipinski definition) is 2. The molecule has 1 unspecified atom stereocenters. The molecule has 5 nitrogen and oxygen atoms in total. The number of carbonyl (C=O) groups excluding carboxylic acids is 1. The first-order valence-corrected chi connectivity index (χ1v) is 2.70. The van der Waals surface area contributed by atoms with Crippen LogP contribution in [0.2, 0.25) is 0 Å². The average Bonchev–Trinajstić information content (AvgIpc) is 2.65. The lowest BCUT2D eigenvalue weighted by Gasteiger charge is -2.03. The highest BCUT2D eigenvalue weighted by molar-refractivity contribution is 6.07. The Hall–Kier alpha value is -1.10. The van der Waals surface area contributed by atoms with E-state index in [9.17, 15) is 9.59 Å². The highest BCUT2D eigenvalue weighted by atomic mass is 16.5. The van der Waals surface area contributed by atoms with Crippen LogP contribution in [0.4, 0.5) is 0 Å². The summed E-state index contributed by atoms with van der Waals surface area (Å²) in [5.74, 6) is -1.92. The first kappa shape index (κ1) is 7.01. The minimum atomic E-state index is -1.44. The van der Waals surface area contributed by atoms with E-state index in [1.807, 2.05) is 0 Å². The number of hydrogen-bond acceptors (Lipinski definition) is 4. The SMILES string of the molecule is COC(=O)C1(C(=O)O)CN1. The number of aliphatic carboxylic acids is 1. The number of esters is 1. The molecule has 0 aliphatic carbocycles. The molecule has 0 amide bonds. The Kier molecular flexibility index (Phi) is 1.37. The maximum atomic E-state index is 10.7. The molecule has 1 saturated heterocycles. The van der Waals surface area contributed by atoms with E-state index in [1.165, 1.54) is 0 Å². The molecule has 1 heterocycles. The maximum Gasteiger partial charge on any atom is 0.339 e. The van der Waals surface area contributed by atoms with Crippen LogP contribution in [0.15, 0.2) is 0 Å². The van der Waals surface area contributed by atoms with Gasteiger partial charge in [0.1, 0.15) is 0 Å². The second-order valence-electron chi connectivity index (χ2n) is 2.06. The van der Waals surface area contributed by atoms with Crippen molar-refractivity contribution in [2.24, 2.45) is 0 Å². The van der Waals surface area contributed by atoms with Crippen molar-refractivity contribution in [2.45, 2.75) is 5.54 Å². The third kappa shape index (κ3) is 0.750. The van der Waals surface area contributed by atoms with E-state index >= 15 is 0 Å². The third-order valence-electron chi connectivity index (χ3n) is 1.43. The Bertz CT molecular complexity index is 184. The van der Waals surface area contributed by atoms with Crippen molar-refractivity contribution in [1.82, 2.24) is 5.32 Å². The van der Waals surface area contributed by atoms with Crippen molar-refractivity contribution in [3.05, 3.63) is 0 Å². The van der Waals surface area contributed by atoms with Gasteiger partial charge in [-0.25, -0.2) is 9.59 Å². The molecule has 0 aromatic carbocycles. The van der Waals surface area contributed by atoms with Gasteiger partial charge in [0.25, 0.3) is 0 Å². The maximum absolute atomic E-state index is 10.7. The van der Waals surface area contributed by atoms with E-state index in [2.05, 4.69) is 10.1 Å². The summed E-state index contributed by atoms with van der Waals surface area (Å²) >= 11 is 0. The molecule has 0 aromatic rings. The van der Waals surface area contributed by atoms with Crippen molar-refractivity contribution in [2.75, 3.05) is 13.7 Å². The molecule has 0 bridgehead atoms. The summed E-state index contributed by atoms with van der Waals surface area (Å²) in [7, 11) is 1.16. The lowest BCUT2D eigenvalue weighted by molar-refractivity contribution is -0.153. The molecule has 1 rings (SSSR count). The van der Waals surface area contributed by atoms with E-state index in [4.69, 9.17) is 5.11 Å². The quantitative estimate of drug-likeness (QED) is 0.283. The molecule has 0 saturated carbocycles. The smallest absolute Gasteiger partial charge is 0.339 e.